The van der Waals surface area contributed by atoms with Crippen LogP contribution in [0.5, 0.6) is 0 Å². The van der Waals surface area contributed by atoms with Crippen molar-refractivity contribution in [1.82, 2.24) is 9.80 Å². The summed E-state index contributed by atoms with van der Waals surface area (Å²) in [5, 5.41) is 2.89. The van der Waals surface area contributed by atoms with Crippen molar-refractivity contribution < 1.29 is 4.79 Å². The zero-order chi connectivity index (χ0) is 20.4. The maximum atomic E-state index is 12.5. The summed E-state index contributed by atoms with van der Waals surface area (Å²) in [6.45, 7) is 9.13. The predicted molar refractivity (Wildman–Crippen MR) is 119 cm³/mol. The van der Waals surface area contributed by atoms with Gasteiger partial charge in [-0.3, -0.25) is 14.6 Å². The van der Waals surface area contributed by atoms with E-state index in [0.29, 0.717) is 29.0 Å². The number of hydrogen-bond donors (Lipinski definition) is 2. The molecule has 1 aliphatic heterocycles. The van der Waals surface area contributed by atoms with Crippen molar-refractivity contribution in [3.8, 4) is 0 Å². The van der Waals surface area contributed by atoms with Crippen molar-refractivity contribution in [2.24, 2.45) is 5.92 Å². The Kier molecular flexibility index (Phi) is 5.88. The molecule has 1 saturated carbocycles. The molecule has 1 heterocycles. The first kappa shape index (κ1) is 19.9. The molecular formula is C24H32N4O. The monoisotopic (exact) mass is 392 g/mol. The van der Waals surface area contributed by atoms with E-state index in [1.54, 1.807) is 6.07 Å². The standard InChI is InChI=1S/C24H32N4O/c1-17-14-28(18(2)13-27(17)15-19-7-8-19)16-20-9-11-21(12-10-20)24(29)26-23-6-4-3-5-22(23)25/h3-6,9-12,17-19H,7-8,13-16,25H2,1-2H3,(H,26,29)/t17-,18+/m1/s1. The summed E-state index contributed by atoms with van der Waals surface area (Å²) in [5.41, 5.74) is 9.02. The summed E-state index contributed by atoms with van der Waals surface area (Å²) in [5.74, 6) is 0.811. The first-order valence-electron chi connectivity index (χ1n) is 10.7. The highest BCUT2D eigenvalue weighted by Gasteiger charge is 2.32. The maximum absolute atomic E-state index is 12.5. The molecule has 2 aliphatic rings. The molecular weight excluding hydrogens is 360 g/mol. The van der Waals surface area contributed by atoms with Crippen molar-refractivity contribution in [3.63, 3.8) is 0 Å². The highest BCUT2D eigenvalue weighted by atomic mass is 16.1. The molecule has 1 amide bonds. The van der Waals surface area contributed by atoms with Crippen molar-refractivity contribution in [2.75, 3.05) is 30.7 Å². The predicted octanol–water partition coefficient (Wildman–Crippen LogP) is 3.83. The van der Waals surface area contributed by atoms with E-state index >= 15 is 0 Å². The number of benzene rings is 2. The zero-order valence-electron chi connectivity index (χ0n) is 17.5. The van der Waals surface area contributed by atoms with Crippen LogP contribution in [0.3, 0.4) is 0 Å². The molecule has 3 N–H and O–H groups in total. The third kappa shape index (κ3) is 4.98. The molecule has 1 saturated heterocycles. The van der Waals surface area contributed by atoms with Crippen LogP contribution in [0.25, 0.3) is 0 Å². The van der Waals surface area contributed by atoms with Gasteiger partial charge in [-0.15, -0.1) is 0 Å². The van der Waals surface area contributed by atoms with Crippen LogP contribution in [-0.2, 0) is 6.54 Å². The lowest BCUT2D eigenvalue weighted by Crippen LogP contribution is -2.56. The van der Waals surface area contributed by atoms with E-state index in [4.69, 9.17) is 5.73 Å². The minimum atomic E-state index is -0.134. The summed E-state index contributed by atoms with van der Waals surface area (Å²) in [6, 6.07) is 16.4. The molecule has 0 aromatic heterocycles. The SMILES string of the molecule is C[C@@H]1CN(Cc2ccc(C(=O)Nc3ccccc3N)cc2)[C@@H](C)CN1CC1CC1. The number of para-hydroxylation sites is 2. The molecule has 2 aromatic rings. The number of amides is 1. The topological polar surface area (TPSA) is 61.6 Å². The van der Waals surface area contributed by atoms with Gasteiger partial charge >= 0.3 is 0 Å². The van der Waals surface area contributed by atoms with E-state index in [9.17, 15) is 4.79 Å². The molecule has 29 heavy (non-hydrogen) atoms. The summed E-state index contributed by atoms with van der Waals surface area (Å²) in [4.78, 5) is 17.7. The van der Waals surface area contributed by atoms with Gasteiger partial charge in [-0.1, -0.05) is 24.3 Å². The van der Waals surface area contributed by atoms with Crippen LogP contribution in [0.4, 0.5) is 11.4 Å². The lowest BCUT2D eigenvalue weighted by Gasteiger charge is -2.44. The number of rotatable bonds is 6. The van der Waals surface area contributed by atoms with Gasteiger partial charge in [-0.25, -0.2) is 0 Å². The number of hydrogen-bond acceptors (Lipinski definition) is 4. The van der Waals surface area contributed by atoms with E-state index < -0.39 is 0 Å². The number of anilines is 2. The Labute approximate surface area is 173 Å². The van der Waals surface area contributed by atoms with Crippen molar-refractivity contribution >= 4 is 17.3 Å². The highest BCUT2D eigenvalue weighted by Crippen LogP contribution is 2.31. The van der Waals surface area contributed by atoms with E-state index in [0.717, 1.165) is 25.6 Å². The van der Waals surface area contributed by atoms with Crippen LogP contribution in [-0.4, -0.2) is 47.4 Å². The lowest BCUT2D eigenvalue weighted by molar-refractivity contribution is 0.0350. The Morgan fingerprint density at radius 3 is 2.34 bits per heavy atom. The van der Waals surface area contributed by atoms with Crippen LogP contribution in [0.2, 0.25) is 0 Å². The molecule has 0 bridgehead atoms. The molecule has 2 fully saturated rings. The Morgan fingerprint density at radius 2 is 1.66 bits per heavy atom. The second kappa shape index (κ2) is 8.56. The Hall–Kier alpha value is -2.37. The molecule has 154 valence electrons. The number of carbonyl (C=O) groups excluding carboxylic acids is 1. The van der Waals surface area contributed by atoms with Gasteiger partial charge in [-0.05, 0) is 62.4 Å². The highest BCUT2D eigenvalue weighted by molar-refractivity contribution is 6.05. The van der Waals surface area contributed by atoms with Crippen molar-refractivity contribution in [1.29, 1.82) is 0 Å². The van der Waals surface area contributed by atoms with E-state index in [1.165, 1.54) is 24.9 Å². The third-order valence-electron chi connectivity index (χ3n) is 6.24. The fourth-order valence-electron chi connectivity index (χ4n) is 4.18. The van der Waals surface area contributed by atoms with Gasteiger partial charge < -0.3 is 11.1 Å². The quantitative estimate of drug-likeness (QED) is 0.734. The summed E-state index contributed by atoms with van der Waals surface area (Å²) < 4.78 is 0. The molecule has 0 unspecified atom stereocenters. The van der Waals surface area contributed by atoms with Crippen LogP contribution in [0, 0.1) is 5.92 Å². The van der Waals surface area contributed by atoms with Crippen LogP contribution < -0.4 is 11.1 Å². The first-order chi connectivity index (χ1) is 14.0. The maximum Gasteiger partial charge on any atom is 0.255 e. The Morgan fingerprint density at radius 1 is 1.00 bits per heavy atom. The average Bonchev–Trinajstić information content (AvgIpc) is 3.52. The second-order valence-electron chi connectivity index (χ2n) is 8.76. The summed E-state index contributed by atoms with van der Waals surface area (Å²) >= 11 is 0. The first-order valence-corrected chi connectivity index (χ1v) is 10.7. The van der Waals surface area contributed by atoms with Gasteiger partial charge in [0.1, 0.15) is 0 Å². The van der Waals surface area contributed by atoms with Gasteiger partial charge in [0, 0.05) is 43.8 Å². The Balaban J connectivity index is 1.34. The molecule has 1 aliphatic carbocycles. The fourth-order valence-corrected chi connectivity index (χ4v) is 4.18. The molecule has 0 spiro atoms. The van der Waals surface area contributed by atoms with Crippen LogP contribution in [0.15, 0.2) is 48.5 Å². The van der Waals surface area contributed by atoms with Gasteiger partial charge in [0.15, 0.2) is 0 Å². The molecule has 2 atom stereocenters. The Bertz CT molecular complexity index is 846. The van der Waals surface area contributed by atoms with Crippen molar-refractivity contribution in [2.45, 2.75) is 45.3 Å². The van der Waals surface area contributed by atoms with Gasteiger partial charge in [0.25, 0.3) is 5.91 Å². The van der Waals surface area contributed by atoms with Gasteiger partial charge in [0.2, 0.25) is 0 Å². The number of nitrogens with one attached hydrogen (secondary N) is 1. The third-order valence-corrected chi connectivity index (χ3v) is 6.24. The summed E-state index contributed by atoms with van der Waals surface area (Å²) in [7, 11) is 0. The lowest BCUT2D eigenvalue weighted by atomic mass is 10.1. The minimum absolute atomic E-state index is 0.134. The molecule has 2 aromatic carbocycles. The van der Waals surface area contributed by atoms with E-state index in [1.807, 2.05) is 30.3 Å². The van der Waals surface area contributed by atoms with E-state index in [2.05, 4.69) is 41.1 Å². The zero-order valence-corrected chi connectivity index (χ0v) is 17.5. The van der Waals surface area contributed by atoms with E-state index in [-0.39, 0.29) is 5.91 Å². The van der Waals surface area contributed by atoms with Crippen molar-refractivity contribution in [3.05, 3.63) is 59.7 Å². The normalized spacial score (nSPS) is 23.1. The molecule has 5 heteroatoms. The number of nitrogens with zero attached hydrogens (tertiary/aromatic N) is 2. The minimum Gasteiger partial charge on any atom is -0.397 e. The molecule has 0 radical (unpaired) electrons. The van der Waals surface area contributed by atoms with Crippen LogP contribution >= 0.6 is 0 Å². The molecule has 5 nitrogen and oxygen atoms in total. The largest absolute Gasteiger partial charge is 0.397 e. The number of piperazine rings is 1. The fraction of sp³-hybridized carbons (Fsp3) is 0.458. The number of nitrogen functional groups attached to an aromatic ring is 1. The van der Waals surface area contributed by atoms with Gasteiger partial charge in [0.05, 0.1) is 11.4 Å². The second-order valence-corrected chi connectivity index (χ2v) is 8.76. The number of carbonyl (C=O) groups is 1. The number of nitrogens with two attached hydrogens (primary N) is 1. The van der Waals surface area contributed by atoms with Gasteiger partial charge in [-0.2, -0.15) is 0 Å². The summed E-state index contributed by atoms with van der Waals surface area (Å²) in [6.07, 6.45) is 2.83. The molecule has 4 rings (SSSR count). The average molecular weight is 393 g/mol. The van der Waals surface area contributed by atoms with Crippen LogP contribution in [0.1, 0.15) is 42.6 Å². The smallest absolute Gasteiger partial charge is 0.255 e.